The smallest absolute Gasteiger partial charge is 0.408 e. The molecule has 30 heteroatoms. The number of fused-ring (bicyclic) bond motifs is 14. The number of aliphatic hydroxyl groups is 1. The molecule has 105 heavy (non-hydrogen) atoms. The highest BCUT2D eigenvalue weighted by Gasteiger charge is 2.61. The van der Waals surface area contributed by atoms with Crippen molar-refractivity contribution in [3.05, 3.63) is 164 Å². The van der Waals surface area contributed by atoms with Crippen molar-refractivity contribution in [2.75, 3.05) is 42.7 Å². The van der Waals surface area contributed by atoms with Crippen LogP contribution in [0.5, 0.6) is 69.0 Å². The number of aliphatic carboxylic acids is 1. The summed E-state index contributed by atoms with van der Waals surface area (Å²) in [6.07, 6.45) is -1.35. The molecule has 2 unspecified atom stereocenters. The van der Waals surface area contributed by atoms with E-state index < -0.39 is 114 Å². The van der Waals surface area contributed by atoms with Crippen molar-refractivity contribution in [3.63, 3.8) is 0 Å². The van der Waals surface area contributed by atoms with E-state index in [1.807, 2.05) is 20.8 Å². The van der Waals surface area contributed by atoms with Crippen molar-refractivity contribution < 1.29 is 95.9 Å². The van der Waals surface area contributed by atoms with Gasteiger partial charge in [-0.15, -0.1) is 0 Å². The zero-order valence-corrected chi connectivity index (χ0v) is 62.2. The van der Waals surface area contributed by atoms with E-state index in [0.717, 1.165) is 0 Å². The normalized spacial score (nSPS) is 21.1. The fraction of sp³-hybridized carbons (Fsp3) is 0.333. The Hall–Kier alpha value is -10.9. The zero-order valence-electron chi connectivity index (χ0n) is 59.7. The maximum atomic E-state index is 16.6. The van der Waals surface area contributed by atoms with Crippen molar-refractivity contribution in [1.82, 2.24) is 37.2 Å². The second-order valence-corrected chi connectivity index (χ2v) is 34.2. The third-order valence-electron chi connectivity index (χ3n) is 19.3. The molecule has 7 aromatic carbocycles. The van der Waals surface area contributed by atoms with E-state index in [4.69, 9.17) is 70.6 Å². The van der Waals surface area contributed by atoms with Gasteiger partial charge in [-0.1, -0.05) is 81.3 Å². The SMILES string of the molecule is COc1cc2cc(c1)C1NC(=O)[C@@H](Cc3ccc(c(Cl)c3)Oc3cc4cc(c3OC)Oc3ccc(cc3Cl)[C@](O)([Si](C)(C)C(C)(C)C)[C@@H]3NC(=O)[C@H](NC(=O)[C@@H]4NC1=O)c1ccc(OC)c(c1)-c1c(OC)cc(OC)cc1C(C(=O)O)NC3=O)NC(=O)[C@@H](NC(=O)OC(C)(C)C)c1ccc(OC)c(c1)O2. The summed E-state index contributed by atoms with van der Waals surface area (Å²) < 4.78 is 60.8. The highest BCUT2D eigenvalue weighted by molar-refractivity contribution is 6.83. The van der Waals surface area contributed by atoms with E-state index in [2.05, 4.69) is 37.2 Å². The largest absolute Gasteiger partial charge is 0.497 e. The van der Waals surface area contributed by atoms with E-state index in [1.165, 1.54) is 152 Å². The molecule has 17 bridgehead atoms. The number of hydrogen-bond acceptors (Lipinski definition) is 19. The van der Waals surface area contributed by atoms with E-state index in [0.29, 0.717) is 5.56 Å². The highest BCUT2D eigenvalue weighted by Crippen LogP contribution is 2.53. The molecule has 552 valence electrons. The Kier molecular flexibility index (Phi) is 21.0. The van der Waals surface area contributed by atoms with Crippen LogP contribution in [-0.4, -0.2) is 126 Å². The Bertz CT molecular complexity index is 4700. The molecule has 6 aliphatic heterocycles. The van der Waals surface area contributed by atoms with Crippen molar-refractivity contribution in [2.45, 2.75) is 119 Å². The number of carboxylic acid groups (broad SMARTS) is 1. The summed E-state index contributed by atoms with van der Waals surface area (Å²) in [6, 6.07) is 13.9. The van der Waals surface area contributed by atoms with Gasteiger partial charge in [-0.25, -0.2) is 9.59 Å². The molecule has 6 heterocycles. The van der Waals surface area contributed by atoms with Crippen LogP contribution in [0, 0.1) is 0 Å². The van der Waals surface area contributed by atoms with Gasteiger partial charge in [0.15, 0.2) is 29.0 Å². The second kappa shape index (κ2) is 29.3. The lowest BCUT2D eigenvalue weighted by Crippen LogP contribution is -2.71. The van der Waals surface area contributed by atoms with E-state index in [-0.39, 0.29) is 130 Å². The number of nitrogens with one attached hydrogen (secondary N) is 7. The minimum absolute atomic E-state index is 0.000668. The minimum Gasteiger partial charge on any atom is -0.497 e. The van der Waals surface area contributed by atoms with Crippen molar-refractivity contribution >= 4 is 78.8 Å². The van der Waals surface area contributed by atoms with Gasteiger partial charge in [-0.3, -0.25) is 28.8 Å². The minimum atomic E-state index is -3.73. The number of amides is 7. The summed E-state index contributed by atoms with van der Waals surface area (Å²) in [5.41, 5.74) is -0.851. The molecule has 7 aromatic rings. The number of carbonyl (C=O) groups excluding carboxylic acids is 7. The Balaban J connectivity index is 1.19. The average Bonchev–Trinajstić information content (AvgIpc) is 0.723. The second-order valence-electron chi connectivity index (χ2n) is 27.9. The van der Waals surface area contributed by atoms with Crippen LogP contribution >= 0.6 is 23.2 Å². The van der Waals surface area contributed by atoms with E-state index in [1.54, 1.807) is 39.9 Å². The lowest BCUT2D eigenvalue weighted by atomic mass is 9.89. The number of rotatable bonds is 9. The molecule has 27 nitrogen and oxygen atoms in total. The first kappa shape index (κ1) is 75.2. The Morgan fingerprint density at radius 1 is 0.533 bits per heavy atom. The number of carboxylic acids is 1. The van der Waals surface area contributed by atoms with Crippen LogP contribution in [0.4, 0.5) is 4.79 Å². The van der Waals surface area contributed by atoms with Gasteiger partial charge in [-0.05, 0) is 138 Å². The van der Waals surface area contributed by atoms with Crippen LogP contribution in [0.2, 0.25) is 28.2 Å². The fourth-order valence-corrected chi connectivity index (χ4v) is 16.4. The quantitative estimate of drug-likeness (QED) is 0.0606. The van der Waals surface area contributed by atoms with Gasteiger partial charge in [0.05, 0.1) is 60.8 Å². The van der Waals surface area contributed by atoms with Crippen molar-refractivity contribution in [2.24, 2.45) is 0 Å². The van der Waals surface area contributed by atoms with Crippen LogP contribution in [-0.2, 0) is 49.9 Å². The topological polar surface area (TPSA) is 354 Å². The molecule has 8 atom stereocenters. The number of alkyl carbamates (subject to hydrolysis) is 1. The number of methoxy groups -OCH3 is 6. The summed E-state index contributed by atoms with van der Waals surface area (Å²) in [7, 11) is 4.28. The molecule has 13 rings (SSSR count). The molecule has 0 aromatic heterocycles. The molecule has 0 fully saturated rings. The van der Waals surface area contributed by atoms with Gasteiger partial charge in [0.1, 0.15) is 87.3 Å². The van der Waals surface area contributed by atoms with E-state index in [9.17, 15) is 19.8 Å². The van der Waals surface area contributed by atoms with Gasteiger partial charge in [0, 0.05) is 35.2 Å². The maximum Gasteiger partial charge on any atom is 0.408 e. The Morgan fingerprint density at radius 3 is 1.68 bits per heavy atom. The number of hydrogen-bond donors (Lipinski definition) is 9. The third-order valence-corrected chi connectivity index (χ3v) is 26.1. The molecule has 0 radical (unpaired) electrons. The lowest BCUT2D eigenvalue weighted by molar-refractivity contribution is -0.144. The predicted octanol–water partition coefficient (Wildman–Crippen LogP) is 10.6. The molecular weight excluding hydrogens is 1420 g/mol. The summed E-state index contributed by atoms with van der Waals surface area (Å²) in [6.45, 7) is 14.0. The van der Waals surface area contributed by atoms with Crippen molar-refractivity contribution in [3.8, 4) is 80.1 Å². The number of carbonyl (C=O) groups is 8. The van der Waals surface area contributed by atoms with Crippen LogP contribution in [0.15, 0.2) is 115 Å². The van der Waals surface area contributed by atoms with Crippen LogP contribution in [0.3, 0.4) is 0 Å². The number of benzene rings is 7. The average molecular weight is 1500 g/mol. The molecule has 6 aliphatic rings. The van der Waals surface area contributed by atoms with Crippen molar-refractivity contribution in [1.29, 1.82) is 0 Å². The Morgan fingerprint density at radius 2 is 1.10 bits per heavy atom. The highest BCUT2D eigenvalue weighted by atomic mass is 35.5. The molecule has 0 saturated carbocycles. The van der Waals surface area contributed by atoms with Gasteiger partial charge in [0.2, 0.25) is 41.2 Å². The predicted molar refractivity (Wildman–Crippen MR) is 386 cm³/mol. The first-order chi connectivity index (χ1) is 49.6. The van der Waals surface area contributed by atoms with Crippen LogP contribution < -0.4 is 79.8 Å². The summed E-state index contributed by atoms with van der Waals surface area (Å²) in [5.74, 6) is -8.58. The van der Waals surface area contributed by atoms with Gasteiger partial charge >= 0.3 is 12.1 Å². The molecule has 9 N–H and O–H groups in total. The zero-order chi connectivity index (χ0) is 76.1. The summed E-state index contributed by atoms with van der Waals surface area (Å²) in [4.78, 5) is 124. The van der Waals surface area contributed by atoms with Crippen LogP contribution in [0.25, 0.3) is 11.1 Å². The monoisotopic (exact) mass is 1500 g/mol. The third kappa shape index (κ3) is 14.8. The van der Waals surface area contributed by atoms with Gasteiger partial charge < -0.3 is 94.8 Å². The van der Waals surface area contributed by atoms with Gasteiger partial charge in [-0.2, -0.15) is 0 Å². The van der Waals surface area contributed by atoms with Crippen LogP contribution in [0.1, 0.15) is 111 Å². The maximum absolute atomic E-state index is 16.6. The standard InChI is InChI=1S/C75H79Cl2N7O20Si/c1-73(2,3)104-72(93)83-59-37-17-21-52(98-10)53(28-37)101-43-26-38(25-41(32-43)95-7)60-67(87)81-61-39-29-55(102-50-19-15-35(23-46(50)76)24-48(65(85)79-60)78-66(59)86)63(100-12)56(30-39)103-51-22-18-40(31-47(51)77)75(94,105(13,14)74(4,5)6)64-70(90)82-62(71(91)92)45-33-42(96-8)34-54(99-11)57(45)44-27-36(16-20-49(44)97-9)58(69(89)84-64)80-68(61)88/h15-23,25-34,48,58-62,64,94H,24H2,1-14H3,(H,78,86)(H,79,85)(H,80,88)(H,81,87)(H,82,90)(H,83,93)(H,84,89)(H,91,92)/t48-,58-,59+,60?,61-,62?,64-,75+/m1/s1. The first-order valence-corrected chi connectivity index (χ1v) is 36.8. The summed E-state index contributed by atoms with van der Waals surface area (Å²) in [5, 5.41) is 41.3. The molecule has 0 spiro atoms. The fourth-order valence-electron chi connectivity index (χ4n) is 13.0. The molecule has 7 amide bonds. The first-order valence-electron chi connectivity index (χ1n) is 33.0. The van der Waals surface area contributed by atoms with E-state index >= 15 is 28.8 Å². The molecule has 0 saturated heterocycles. The Labute approximate surface area is 615 Å². The number of ether oxygens (including phenoxy) is 10. The molecular formula is C75H79Cl2N7O20Si. The lowest BCUT2D eigenvalue weighted by Gasteiger charge is -2.52. The molecule has 0 aliphatic carbocycles. The number of halogens is 2. The summed E-state index contributed by atoms with van der Waals surface area (Å²) >= 11 is 14.5. The van der Waals surface area contributed by atoms with Gasteiger partial charge in [0.25, 0.3) is 0 Å².